The van der Waals surface area contributed by atoms with E-state index in [1.54, 1.807) is 7.11 Å². The Kier molecular flexibility index (Phi) is 3.88. The van der Waals surface area contributed by atoms with E-state index in [1.807, 2.05) is 0 Å². The lowest BCUT2D eigenvalue weighted by Crippen LogP contribution is -2.47. The molecule has 0 bridgehead atoms. The maximum Gasteiger partial charge on any atom is 0.0468 e. The standard InChI is InChI=1S/C13H26N2O/c1-16-9-8-12(6-7-12)10-15-11-13(14)4-2-3-5-13/h15H,2-11,14H2,1H3. The Morgan fingerprint density at radius 2 is 1.81 bits per heavy atom. The van der Waals surface area contributed by atoms with Crippen molar-refractivity contribution in [3.05, 3.63) is 0 Å². The van der Waals surface area contributed by atoms with Gasteiger partial charge in [-0.05, 0) is 37.5 Å². The molecular formula is C13H26N2O. The largest absolute Gasteiger partial charge is 0.385 e. The van der Waals surface area contributed by atoms with Gasteiger partial charge in [-0.1, -0.05) is 12.8 Å². The number of methoxy groups -OCH3 is 1. The minimum absolute atomic E-state index is 0.0946. The third kappa shape index (κ3) is 3.19. The zero-order valence-electron chi connectivity index (χ0n) is 10.6. The molecular weight excluding hydrogens is 200 g/mol. The Bertz CT molecular complexity index is 220. The van der Waals surface area contributed by atoms with E-state index in [0.29, 0.717) is 5.41 Å². The molecule has 0 atom stereocenters. The van der Waals surface area contributed by atoms with Crippen LogP contribution in [0.2, 0.25) is 0 Å². The van der Waals surface area contributed by atoms with E-state index in [-0.39, 0.29) is 5.54 Å². The average molecular weight is 226 g/mol. The van der Waals surface area contributed by atoms with E-state index in [9.17, 15) is 0 Å². The summed E-state index contributed by atoms with van der Waals surface area (Å²) >= 11 is 0. The van der Waals surface area contributed by atoms with Gasteiger partial charge in [-0.25, -0.2) is 0 Å². The molecule has 94 valence electrons. The second kappa shape index (κ2) is 5.03. The van der Waals surface area contributed by atoms with Gasteiger partial charge in [0.1, 0.15) is 0 Å². The molecule has 3 heteroatoms. The first-order chi connectivity index (χ1) is 7.68. The summed E-state index contributed by atoms with van der Waals surface area (Å²) in [6.45, 7) is 3.03. The zero-order valence-corrected chi connectivity index (χ0v) is 10.6. The van der Waals surface area contributed by atoms with E-state index < -0.39 is 0 Å². The topological polar surface area (TPSA) is 47.3 Å². The van der Waals surface area contributed by atoms with Crippen LogP contribution in [0.5, 0.6) is 0 Å². The minimum Gasteiger partial charge on any atom is -0.385 e. The molecule has 0 amide bonds. The summed E-state index contributed by atoms with van der Waals surface area (Å²) in [7, 11) is 1.79. The van der Waals surface area contributed by atoms with Crippen molar-refractivity contribution in [1.29, 1.82) is 0 Å². The smallest absolute Gasteiger partial charge is 0.0468 e. The van der Waals surface area contributed by atoms with Gasteiger partial charge in [0.2, 0.25) is 0 Å². The van der Waals surface area contributed by atoms with Gasteiger partial charge in [0.15, 0.2) is 0 Å². The zero-order chi connectivity index (χ0) is 11.5. The molecule has 0 aliphatic heterocycles. The fraction of sp³-hybridized carbons (Fsp3) is 1.00. The summed E-state index contributed by atoms with van der Waals surface area (Å²) in [4.78, 5) is 0. The molecule has 2 rings (SSSR count). The molecule has 16 heavy (non-hydrogen) atoms. The molecule has 0 aromatic heterocycles. The number of ether oxygens (including phenoxy) is 1. The average Bonchev–Trinajstić information content (AvgIpc) is 2.91. The highest BCUT2D eigenvalue weighted by molar-refractivity contribution is 4.97. The third-order valence-corrected chi connectivity index (χ3v) is 4.37. The van der Waals surface area contributed by atoms with Crippen molar-refractivity contribution >= 4 is 0 Å². The second-order valence-corrected chi connectivity index (χ2v) is 5.92. The molecule has 0 heterocycles. The highest BCUT2D eigenvalue weighted by Crippen LogP contribution is 2.48. The van der Waals surface area contributed by atoms with Crippen LogP contribution in [0, 0.1) is 5.41 Å². The van der Waals surface area contributed by atoms with Crippen LogP contribution >= 0.6 is 0 Å². The fourth-order valence-electron chi connectivity index (χ4n) is 2.84. The highest BCUT2D eigenvalue weighted by atomic mass is 16.5. The van der Waals surface area contributed by atoms with Crippen molar-refractivity contribution in [2.45, 2.75) is 50.5 Å². The number of hydrogen-bond donors (Lipinski definition) is 2. The highest BCUT2D eigenvalue weighted by Gasteiger charge is 2.42. The predicted molar refractivity (Wildman–Crippen MR) is 66.4 cm³/mol. The molecule has 3 N–H and O–H groups in total. The van der Waals surface area contributed by atoms with Gasteiger partial charge in [0.05, 0.1) is 0 Å². The monoisotopic (exact) mass is 226 g/mol. The first-order valence-electron chi connectivity index (χ1n) is 6.67. The number of rotatable bonds is 7. The molecule has 0 aromatic carbocycles. The lowest BCUT2D eigenvalue weighted by atomic mass is 9.98. The maximum atomic E-state index is 6.32. The van der Waals surface area contributed by atoms with Crippen LogP contribution in [0.1, 0.15) is 44.9 Å². The lowest BCUT2D eigenvalue weighted by Gasteiger charge is -2.25. The van der Waals surface area contributed by atoms with E-state index in [2.05, 4.69) is 5.32 Å². The van der Waals surface area contributed by atoms with Crippen LogP contribution in [-0.2, 0) is 4.74 Å². The van der Waals surface area contributed by atoms with Gasteiger partial charge in [-0.15, -0.1) is 0 Å². The van der Waals surface area contributed by atoms with Gasteiger partial charge < -0.3 is 15.8 Å². The van der Waals surface area contributed by atoms with Crippen molar-refractivity contribution in [3.63, 3.8) is 0 Å². The molecule has 0 saturated heterocycles. The first kappa shape index (κ1) is 12.3. The van der Waals surface area contributed by atoms with Crippen molar-refractivity contribution < 1.29 is 4.74 Å². The Morgan fingerprint density at radius 3 is 2.38 bits per heavy atom. The number of nitrogens with one attached hydrogen (secondary N) is 1. The molecule has 2 saturated carbocycles. The van der Waals surface area contributed by atoms with Crippen LogP contribution in [0.4, 0.5) is 0 Å². The fourth-order valence-corrected chi connectivity index (χ4v) is 2.84. The summed E-state index contributed by atoms with van der Waals surface area (Å²) in [5.41, 5.74) is 6.96. The summed E-state index contributed by atoms with van der Waals surface area (Å²) in [5.74, 6) is 0. The Morgan fingerprint density at radius 1 is 1.12 bits per heavy atom. The molecule has 2 fully saturated rings. The summed E-state index contributed by atoms with van der Waals surface area (Å²) in [5, 5.41) is 3.60. The molecule has 2 aliphatic carbocycles. The number of hydrogen-bond acceptors (Lipinski definition) is 3. The van der Waals surface area contributed by atoms with Crippen LogP contribution in [0.15, 0.2) is 0 Å². The third-order valence-electron chi connectivity index (χ3n) is 4.37. The molecule has 0 aromatic rings. The molecule has 3 nitrogen and oxygen atoms in total. The van der Waals surface area contributed by atoms with Crippen LogP contribution in [-0.4, -0.2) is 32.3 Å². The van der Waals surface area contributed by atoms with Gasteiger partial charge in [0.25, 0.3) is 0 Å². The minimum atomic E-state index is 0.0946. The van der Waals surface area contributed by atoms with Crippen LogP contribution in [0.25, 0.3) is 0 Å². The summed E-state index contributed by atoms with van der Waals surface area (Å²) in [6, 6.07) is 0. The van der Waals surface area contributed by atoms with Crippen LogP contribution < -0.4 is 11.1 Å². The molecule has 0 unspecified atom stereocenters. The van der Waals surface area contributed by atoms with E-state index in [1.165, 1.54) is 44.9 Å². The second-order valence-electron chi connectivity index (χ2n) is 5.92. The lowest BCUT2D eigenvalue weighted by molar-refractivity contribution is 0.170. The van der Waals surface area contributed by atoms with Crippen LogP contribution in [0.3, 0.4) is 0 Å². The van der Waals surface area contributed by atoms with Crippen molar-refractivity contribution in [2.24, 2.45) is 11.1 Å². The van der Waals surface area contributed by atoms with Gasteiger partial charge >= 0.3 is 0 Å². The van der Waals surface area contributed by atoms with Gasteiger partial charge in [-0.3, -0.25) is 0 Å². The van der Waals surface area contributed by atoms with Gasteiger partial charge in [0, 0.05) is 32.3 Å². The van der Waals surface area contributed by atoms with E-state index in [0.717, 1.165) is 19.7 Å². The SMILES string of the molecule is COCCC1(CNCC2(N)CCCC2)CC1. The molecule has 0 spiro atoms. The Hall–Kier alpha value is -0.120. The molecule has 2 aliphatic rings. The van der Waals surface area contributed by atoms with E-state index >= 15 is 0 Å². The normalized spacial score (nSPS) is 25.9. The van der Waals surface area contributed by atoms with E-state index in [4.69, 9.17) is 10.5 Å². The Balaban J connectivity index is 1.64. The Labute approximate surface area is 99.1 Å². The maximum absolute atomic E-state index is 6.32. The van der Waals surface area contributed by atoms with Crippen molar-refractivity contribution in [3.8, 4) is 0 Å². The quantitative estimate of drug-likeness (QED) is 0.694. The summed E-state index contributed by atoms with van der Waals surface area (Å²) in [6.07, 6.45) is 8.95. The first-order valence-corrected chi connectivity index (χ1v) is 6.67. The molecule has 0 radical (unpaired) electrons. The van der Waals surface area contributed by atoms with Gasteiger partial charge in [-0.2, -0.15) is 0 Å². The van der Waals surface area contributed by atoms with Crippen molar-refractivity contribution in [2.75, 3.05) is 26.8 Å². The predicted octanol–water partition coefficient (Wildman–Crippen LogP) is 1.66. The summed E-state index contributed by atoms with van der Waals surface area (Å²) < 4.78 is 5.16. The number of nitrogens with two attached hydrogens (primary N) is 1. The van der Waals surface area contributed by atoms with Crippen molar-refractivity contribution in [1.82, 2.24) is 5.32 Å².